The topological polar surface area (TPSA) is 56.1 Å². The monoisotopic (exact) mass is 375 g/mol. The highest BCUT2D eigenvalue weighted by molar-refractivity contribution is 6.32. The molecule has 0 saturated carbocycles. The van der Waals surface area contributed by atoms with E-state index < -0.39 is 28.8 Å². The van der Waals surface area contributed by atoms with Crippen molar-refractivity contribution in [1.29, 1.82) is 0 Å². The van der Waals surface area contributed by atoms with E-state index in [1.54, 1.807) is 12.1 Å². The molecule has 0 bridgehead atoms. The first kappa shape index (κ1) is 19.1. The summed E-state index contributed by atoms with van der Waals surface area (Å²) in [6.07, 6.45) is -4.69. The molecule has 9 heteroatoms. The van der Waals surface area contributed by atoms with E-state index in [1.807, 2.05) is 13.0 Å². The number of nitrogens with zero attached hydrogens (tertiary/aromatic N) is 2. The largest absolute Gasteiger partial charge is 0.495 e. The van der Waals surface area contributed by atoms with E-state index >= 15 is 0 Å². The number of nitrogens with one attached hydrogen (secondary N) is 1. The van der Waals surface area contributed by atoms with Gasteiger partial charge in [0.25, 0.3) is 0 Å². The smallest absolute Gasteiger partial charge is 0.436 e. The summed E-state index contributed by atoms with van der Waals surface area (Å²) in [5.41, 5.74) is 0.167. The van der Waals surface area contributed by atoms with Crippen molar-refractivity contribution in [3.8, 4) is 5.75 Å². The van der Waals surface area contributed by atoms with Crippen molar-refractivity contribution >= 4 is 23.2 Å². The van der Waals surface area contributed by atoms with Gasteiger partial charge in [-0.25, -0.2) is 0 Å². The lowest BCUT2D eigenvalue weighted by Gasteiger charge is -2.16. The number of alkyl halides is 3. The molecular formula is C16H17ClF3N3O2. The molecule has 0 radical (unpaired) electrons. The molecule has 136 valence electrons. The van der Waals surface area contributed by atoms with Gasteiger partial charge in [0.2, 0.25) is 5.91 Å². The first-order chi connectivity index (χ1) is 11.6. The zero-order valence-electron chi connectivity index (χ0n) is 14.0. The Morgan fingerprint density at radius 3 is 2.52 bits per heavy atom. The Labute approximate surface area is 147 Å². The van der Waals surface area contributed by atoms with Gasteiger partial charge in [-0.05, 0) is 38.5 Å². The van der Waals surface area contributed by atoms with Crippen molar-refractivity contribution in [2.45, 2.75) is 33.0 Å². The fraction of sp³-hybridized carbons (Fsp3) is 0.375. The number of carbonyl (C=O) groups excluding carboxylic acids is 1. The second-order valence-electron chi connectivity index (χ2n) is 5.56. The summed E-state index contributed by atoms with van der Waals surface area (Å²) < 4.78 is 44.9. The van der Waals surface area contributed by atoms with Gasteiger partial charge in [-0.15, -0.1) is 0 Å². The van der Waals surface area contributed by atoms with Crippen LogP contribution in [-0.2, 0) is 11.0 Å². The third-order valence-corrected chi connectivity index (χ3v) is 4.16. The SMILES string of the molecule is COc1ccc(C)cc1NC(=O)C(C)n1nc(C(F)(F)F)c(Cl)c1C. The molecule has 2 rings (SSSR count). The number of benzene rings is 1. The Hall–Kier alpha value is -2.22. The summed E-state index contributed by atoms with van der Waals surface area (Å²) >= 11 is 5.72. The molecule has 1 aromatic heterocycles. The van der Waals surface area contributed by atoms with Crippen LogP contribution in [0.1, 0.15) is 29.9 Å². The normalized spacial score (nSPS) is 12.8. The van der Waals surface area contributed by atoms with Gasteiger partial charge in [-0.3, -0.25) is 9.48 Å². The van der Waals surface area contributed by atoms with Crippen molar-refractivity contribution in [3.63, 3.8) is 0 Å². The molecule has 2 aromatic rings. The van der Waals surface area contributed by atoms with Crippen LogP contribution in [0.5, 0.6) is 5.75 Å². The summed E-state index contributed by atoms with van der Waals surface area (Å²) in [6.45, 7) is 4.65. The van der Waals surface area contributed by atoms with Crippen LogP contribution >= 0.6 is 11.6 Å². The van der Waals surface area contributed by atoms with Crippen molar-refractivity contribution in [1.82, 2.24) is 9.78 Å². The number of aryl methyl sites for hydroxylation is 1. The van der Waals surface area contributed by atoms with Gasteiger partial charge >= 0.3 is 6.18 Å². The van der Waals surface area contributed by atoms with Gasteiger partial charge in [0.15, 0.2) is 5.69 Å². The van der Waals surface area contributed by atoms with Crippen molar-refractivity contribution in [2.75, 3.05) is 12.4 Å². The number of hydrogen-bond acceptors (Lipinski definition) is 3. The highest BCUT2D eigenvalue weighted by Crippen LogP contribution is 2.36. The molecule has 1 aromatic carbocycles. The summed E-state index contributed by atoms with van der Waals surface area (Å²) in [6, 6.07) is 4.20. The van der Waals surface area contributed by atoms with Crippen LogP contribution in [0.25, 0.3) is 0 Å². The third-order valence-electron chi connectivity index (χ3n) is 3.70. The van der Waals surface area contributed by atoms with Crippen molar-refractivity contribution < 1.29 is 22.7 Å². The predicted octanol–water partition coefficient (Wildman–Crippen LogP) is 4.38. The maximum Gasteiger partial charge on any atom is 0.436 e. The van der Waals surface area contributed by atoms with E-state index in [0.717, 1.165) is 10.2 Å². The van der Waals surface area contributed by atoms with Crippen LogP contribution in [0, 0.1) is 13.8 Å². The minimum atomic E-state index is -4.69. The fourth-order valence-electron chi connectivity index (χ4n) is 2.32. The van der Waals surface area contributed by atoms with Crippen LogP contribution in [0.4, 0.5) is 18.9 Å². The summed E-state index contributed by atoms with van der Waals surface area (Å²) in [5.74, 6) is -0.0998. The average Bonchev–Trinajstić information content (AvgIpc) is 2.82. The molecule has 1 atom stereocenters. The first-order valence-electron chi connectivity index (χ1n) is 7.33. The Bertz CT molecular complexity index is 803. The van der Waals surface area contributed by atoms with E-state index in [1.165, 1.54) is 21.0 Å². The zero-order valence-corrected chi connectivity index (χ0v) is 14.8. The molecule has 0 fully saturated rings. The predicted molar refractivity (Wildman–Crippen MR) is 88.0 cm³/mol. The van der Waals surface area contributed by atoms with Crippen molar-refractivity contribution in [3.05, 3.63) is 40.2 Å². The van der Waals surface area contributed by atoms with Crippen LogP contribution in [0.15, 0.2) is 18.2 Å². The van der Waals surface area contributed by atoms with Crippen LogP contribution in [-0.4, -0.2) is 22.8 Å². The third kappa shape index (κ3) is 3.89. The minimum Gasteiger partial charge on any atom is -0.495 e. The number of carbonyl (C=O) groups is 1. The van der Waals surface area contributed by atoms with Crippen LogP contribution < -0.4 is 10.1 Å². The number of aromatic nitrogens is 2. The molecule has 1 N–H and O–H groups in total. The standard InChI is InChI=1S/C16H17ClF3N3O2/c1-8-5-6-12(25-4)11(7-8)21-15(24)10(3)23-9(2)13(17)14(22-23)16(18,19)20/h5-7,10H,1-4H3,(H,21,24). The molecule has 25 heavy (non-hydrogen) atoms. The second-order valence-corrected chi connectivity index (χ2v) is 5.94. The highest BCUT2D eigenvalue weighted by atomic mass is 35.5. The molecule has 0 aliphatic carbocycles. The van der Waals surface area contributed by atoms with Crippen LogP contribution in [0.2, 0.25) is 5.02 Å². The van der Waals surface area contributed by atoms with E-state index in [2.05, 4.69) is 10.4 Å². The minimum absolute atomic E-state index is 0.0628. The maximum absolute atomic E-state index is 12.9. The molecule has 0 saturated heterocycles. The highest BCUT2D eigenvalue weighted by Gasteiger charge is 2.39. The molecule has 5 nitrogen and oxygen atoms in total. The van der Waals surface area contributed by atoms with Crippen LogP contribution in [0.3, 0.4) is 0 Å². The molecule has 1 amide bonds. The Kier molecular flexibility index (Phi) is 5.31. The van der Waals surface area contributed by atoms with Gasteiger partial charge in [0, 0.05) is 0 Å². The van der Waals surface area contributed by atoms with Crippen molar-refractivity contribution in [2.24, 2.45) is 0 Å². The summed E-state index contributed by atoms with van der Waals surface area (Å²) in [4.78, 5) is 12.5. The lowest BCUT2D eigenvalue weighted by molar-refractivity contribution is -0.141. The average molecular weight is 376 g/mol. The summed E-state index contributed by atoms with van der Waals surface area (Å²) in [7, 11) is 1.46. The molecule has 1 heterocycles. The lowest BCUT2D eigenvalue weighted by atomic mass is 10.2. The Balaban J connectivity index is 2.31. The number of amides is 1. The number of rotatable bonds is 4. The molecular weight excluding hydrogens is 359 g/mol. The number of halogens is 4. The van der Waals surface area contributed by atoms with Gasteiger partial charge in [0.05, 0.1) is 23.5 Å². The number of anilines is 1. The molecule has 0 aliphatic rings. The molecule has 0 aliphatic heterocycles. The maximum atomic E-state index is 12.9. The Morgan fingerprint density at radius 2 is 2.00 bits per heavy atom. The van der Waals surface area contributed by atoms with E-state index in [9.17, 15) is 18.0 Å². The fourth-order valence-corrected chi connectivity index (χ4v) is 2.56. The summed E-state index contributed by atoms with van der Waals surface area (Å²) in [5, 5.41) is 5.60. The zero-order chi connectivity index (χ0) is 18.9. The van der Waals surface area contributed by atoms with Gasteiger partial charge in [-0.2, -0.15) is 18.3 Å². The van der Waals surface area contributed by atoms with Gasteiger partial charge in [0.1, 0.15) is 11.8 Å². The number of ether oxygens (including phenoxy) is 1. The van der Waals surface area contributed by atoms with E-state index in [-0.39, 0.29) is 5.69 Å². The second kappa shape index (κ2) is 6.95. The van der Waals surface area contributed by atoms with Gasteiger partial charge < -0.3 is 10.1 Å². The number of hydrogen-bond donors (Lipinski definition) is 1. The quantitative estimate of drug-likeness (QED) is 0.862. The Morgan fingerprint density at radius 1 is 1.36 bits per heavy atom. The first-order valence-corrected chi connectivity index (χ1v) is 7.71. The van der Waals surface area contributed by atoms with Gasteiger partial charge in [-0.1, -0.05) is 17.7 Å². The van der Waals surface area contributed by atoms with E-state index in [0.29, 0.717) is 11.4 Å². The molecule has 0 spiro atoms. The number of methoxy groups -OCH3 is 1. The lowest BCUT2D eigenvalue weighted by Crippen LogP contribution is -2.25. The molecule has 1 unspecified atom stereocenters. The van der Waals surface area contributed by atoms with E-state index in [4.69, 9.17) is 16.3 Å².